The molecule has 1 aliphatic heterocycles. The molecule has 2 fully saturated rings. The van der Waals surface area contributed by atoms with Crippen LogP contribution < -0.4 is 0 Å². The molecule has 4 rings (SSSR count). The van der Waals surface area contributed by atoms with Gasteiger partial charge in [0.25, 0.3) is 0 Å². The van der Waals surface area contributed by atoms with E-state index in [-0.39, 0.29) is 5.57 Å². The molecule has 1 aromatic carbocycles. The Bertz CT molecular complexity index is 927. The summed E-state index contributed by atoms with van der Waals surface area (Å²) in [4.78, 5) is 14.0. The van der Waals surface area contributed by atoms with E-state index in [0.29, 0.717) is 42.7 Å². The Balaban J connectivity index is 1.39. The van der Waals surface area contributed by atoms with Gasteiger partial charge in [-0.15, -0.1) is 11.8 Å². The van der Waals surface area contributed by atoms with Gasteiger partial charge in [0.05, 0.1) is 16.2 Å². The molecule has 3 atom stereocenters. The SMILES string of the molecule is O=C(O)C1=C(SCCCc2cc(F)cc(C(F)(F)F)c2)N(CC2CC3CCC2C3)CC=C1. The minimum atomic E-state index is -4.58. The van der Waals surface area contributed by atoms with Crippen molar-refractivity contribution in [1.82, 2.24) is 4.90 Å². The standard InChI is InChI=1S/C24H27F4NO2S/c25-20-12-15(11-19(13-20)24(26,27)28)3-2-8-32-22-21(23(30)31)4-1-7-29(22)14-18-10-16-5-6-17(18)9-16/h1,4,11-13,16-18H,2-3,5-10,14H2,(H,30,31). The van der Waals surface area contributed by atoms with Crippen LogP contribution in [0.3, 0.4) is 0 Å². The van der Waals surface area contributed by atoms with E-state index in [0.717, 1.165) is 35.5 Å². The van der Waals surface area contributed by atoms with Crippen molar-refractivity contribution < 1.29 is 27.5 Å². The summed E-state index contributed by atoms with van der Waals surface area (Å²) in [6.07, 6.45) is 4.85. The van der Waals surface area contributed by atoms with Gasteiger partial charge in [0.15, 0.2) is 0 Å². The number of carbonyl (C=O) groups is 1. The summed E-state index contributed by atoms with van der Waals surface area (Å²) in [5.41, 5.74) is -0.410. The molecule has 0 amide bonds. The topological polar surface area (TPSA) is 40.5 Å². The molecule has 1 aromatic rings. The van der Waals surface area contributed by atoms with Crippen LogP contribution in [0.25, 0.3) is 0 Å². The molecular formula is C24H27F4NO2S. The summed E-state index contributed by atoms with van der Waals surface area (Å²) >= 11 is 1.44. The number of nitrogens with zero attached hydrogens (tertiary/aromatic N) is 1. The summed E-state index contributed by atoms with van der Waals surface area (Å²) in [5.74, 6) is 0.831. The van der Waals surface area contributed by atoms with Crippen molar-refractivity contribution in [2.24, 2.45) is 17.8 Å². The minimum absolute atomic E-state index is 0.273. The summed E-state index contributed by atoms with van der Waals surface area (Å²) < 4.78 is 52.4. The van der Waals surface area contributed by atoms with Crippen LogP contribution in [0.2, 0.25) is 0 Å². The molecule has 3 nitrogen and oxygen atoms in total. The number of carboxylic acids is 1. The van der Waals surface area contributed by atoms with Crippen LogP contribution in [0.1, 0.15) is 43.2 Å². The molecule has 0 radical (unpaired) electrons. The van der Waals surface area contributed by atoms with Crippen molar-refractivity contribution in [2.75, 3.05) is 18.8 Å². The average Bonchev–Trinajstić information content (AvgIpc) is 3.34. The first-order chi connectivity index (χ1) is 15.2. The van der Waals surface area contributed by atoms with Gasteiger partial charge >= 0.3 is 12.1 Å². The van der Waals surface area contributed by atoms with Crippen molar-refractivity contribution in [3.05, 3.63) is 57.9 Å². The highest BCUT2D eigenvalue weighted by molar-refractivity contribution is 8.03. The number of carboxylic acid groups (broad SMARTS) is 1. The van der Waals surface area contributed by atoms with E-state index in [2.05, 4.69) is 4.90 Å². The van der Waals surface area contributed by atoms with Crippen molar-refractivity contribution in [1.29, 1.82) is 0 Å². The number of aliphatic carboxylic acids is 1. The maximum atomic E-state index is 13.6. The maximum absolute atomic E-state index is 13.6. The van der Waals surface area contributed by atoms with Crippen LogP contribution in [0.15, 0.2) is 41.0 Å². The number of benzene rings is 1. The average molecular weight is 470 g/mol. The lowest BCUT2D eigenvalue weighted by molar-refractivity contribution is -0.138. The summed E-state index contributed by atoms with van der Waals surface area (Å²) in [6, 6.07) is 2.62. The van der Waals surface area contributed by atoms with Gasteiger partial charge in [-0.05, 0) is 85.4 Å². The van der Waals surface area contributed by atoms with E-state index < -0.39 is 23.5 Å². The zero-order valence-corrected chi connectivity index (χ0v) is 18.5. The third-order valence-electron chi connectivity index (χ3n) is 6.83. The Morgan fingerprint density at radius 1 is 1.19 bits per heavy atom. The molecule has 3 aliphatic rings. The van der Waals surface area contributed by atoms with Crippen LogP contribution >= 0.6 is 11.8 Å². The highest BCUT2D eigenvalue weighted by atomic mass is 32.2. The molecule has 32 heavy (non-hydrogen) atoms. The van der Waals surface area contributed by atoms with Crippen LogP contribution in [-0.2, 0) is 17.4 Å². The Morgan fingerprint density at radius 3 is 2.66 bits per heavy atom. The molecule has 2 aliphatic carbocycles. The van der Waals surface area contributed by atoms with E-state index in [4.69, 9.17) is 0 Å². The molecule has 174 valence electrons. The fraction of sp³-hybridized carbons (Fsp3) is 0.542. The zero-order valence-electron chi connectivity index (χ0n) is 17.7. The smallest absolute Gasteiger partial charge is 0.416 e. The maximum Gasteiger partial charge on any atom is 0.416 e. The normalized spacial score (nSPS) is 25.1. The van der Waals surface area contributed by atoms with Crippen molar-refractivity contribution in [2.45, 2.75) is 44.7 Å². The first-order valence-corrected chi connectivity index (χ1v) is 12.1. The van der Waals surface area contributed by atoms with Gasteiger partial charge in [-0.2, -0.15) is 13.2 Å². The summed E-state index contributed by atoms with van der Waals surface area (Å²) in [7, 11) is 0. The van der Waals surface area contributed by atoms with E-state index in [1.165, 1.54) is 37.4 Å². The van der Waals surface area contributed by atoms with Crippen molar-refractivity contribution in [3.63, 3.8) is 0 Å². The van der Waals surface area contributed by atoms with Crippen LogP contribution in [0, 0.1) is 23.6 Å². The predicted molar refractivity (Wildman–Crippen MR) is 116 cm³/mol. The number of aryl methyl sites for hydroxylation is 1. The number of halogens is 4. The van der Waals surface area contributed by atoms with Gasteiger partial charge in [-0.3, -0.25) is 0 Å². The first-order valence-electron chi connectivity index (χ1n) is 11.1. The molecule has 2 bridgehead atoms. The lowest BCUT2D eigenvalue weighted by atomic mass is 9.88. The van der Waals surface area contributed by atoms with Gasteiger partial charge in [0, 0.05) is 13.1 Å². The molecule has 2 saturated carbocycles. The second-order valence-electron chi connectivity index (χ2n) is 9.06. The quantitative estimate of drug-likeness (QED) is 0.368. The number of rotatable bonds is 8. The Kier molecular flexibility index (Phi) is 6.89. The molecule has 0 saturated heterocycles. The fourth-order valence-corrected chi connectivity index (χ4v) is 6.52. The first kappa shape index (κ1) is 23.2. The van der Waals surface area contributed by atoms with E-state index in [1.54, 1.807) is 6.08 Å². The second-order valence-corrected chi connectivity index (χ2v) is 10.1. The summed E-state index contributed by atoms with van der Waals surface area (Å²) in [6.45, 7) is 1.52. The predicted octanol–water partition coefficient (Wildman–Crippen LogP) is 6.11. The third kappa shape index (κ3) is 5.33. The number of alkyl halides is 3. The third-order valence-corrected chi connectivity index (χ3v) is 8.08. The molecule has 0 aromatic heterocycles. The fourth-order valence-electron chi connectivity index (χ4n) is 5.40. The van der Waals surface area contributed by atoms with Crippen LogP contribution in [0.4, 0.5) is 17.6 Å². The molecule has 8 heteroatoms. The Labute approximate surface area is 189 Å². The molecular weight excluding hydrogens is 442 g/mol. The Hall–Kier alpha value is -1.96. The minimum Gasteiger partial charge on any atom is -0.478 e. The number of hydrogen-bond donors (Lipinski definition) is 1. The van der Waals surface area contributed by atoms with Crippen molar-refractivity contribution in [3.8, 4) is 0 Å². The Morgan fingerprint density at radius 2 is 2.00 bits per heavy atom. The van der Waals surface area contributed by atoms with Crippen LogP contribution in [0.5, 0.6) is 0 Å². The molecule has 0 spiro atoms. The zero-order chi connectivity index (χ0) is 22.9. The highest BCUT2D eigenvalue weighted by Crippen LogP contribution is 2.49. The molecule has 3 unspecified atom stereocenters. The van der Waals surface area contributed by atoms with E-state index in [1.807, 2.05) is 6.08 Å². The number of thioether (sulfide) groups is 1. The lowest BCUT2D eigenvalue weighted by Crippen LogP contribution is -2.33. The van der Waals surface area contributed by atoms with Gasteiger partial charge in [0.1, 0.15) is 5.82 Å². The van der Waals surface area contributed by atoms with E-state index >= 15 is 0 Å². The second kappa shape index (κ2) is 9.49. The van der Waals surface area contributed by atoms with Gasteiger partial charge in [0.2, 0.25) is 0 Å². The van der Waals surface area contributed by atoms with Gasteiger partial charge in [-0.1, -0.05) is 12.5 Å². The highest BCUT2D eigenvalue weighted by Gasteiger charge is 2.40. The largest absolute Gasteiger partial charge is 0.478 e. The van der Waals surface area contributed by atoms with Crippen molar-refractivity contribution >= 4 is 17.7 Å². The molecule has 1 heterocycles. The monoisotopic (exact) mass is 469 g/mol. The number of hydrogen-bond acceptors (Lipinski definition) is 3. The summed E-state index contributed by atoms with van der Waals surface area (Å²) in [5, 5.41) is 10.4. The molecule has 1 N–H and O–H groups in total. The lowest BCUT2D eigenvalue weighted by Gasteiger charge is -2.34. The van der Waals surface area contributed by atoms with Gasteiger partial charge < -0.3 is 10.0 Å². The van der Waals surface area contributed by atoms with E-state index in [9.17, 15) is 27.5 Å². The van der Waals surface area contributed by atoms with Crippen LogP contribution in [-0.4, -0.2) is 34.8 Å². The van der Waals surface area contributed by atoms with Gasteiger partial charge in [-0.25, -0.2) is 9.18 Å². The number of fused-ring (bicyclic) bond motifs is 2.